The van der Waals surface area contributed by atoms with E-state index in [1.165, 1.54) is 145 Å². The molecule has 1 atom stereocenters. The molecule has 0 N–H and O–H groups in total. The van der Waals surface area contributed by atoms with Crippen LogP contribution in [0.1, 0.15) is 171 Å². The maximum absolute atomic E-state index is 2.45. The van der Waals surface area contributed by atoms with Gasteiger partial charge in [0.05, 0.1) is 0 Å². The quantitative estimate of drug-likeness (QED) is 0.0662. The molecule has 0 aromatic heterocycles. The number of rotatable bonds is 21. The van der Waals surface area contributed by atoms with Gasteiger partial charge in [0.2, 0.25) is 0 Å². The predicted octanol–water partition coefficient (Wildman–Crippen LogP) is 25.6. The molecule has 0 aliphatic heterocycles. The normalized spacial score (nSPS) is 12.7. The highest BCUT2D eigenvalue weighted by Crippen LogP contribution is 2.47. The molecule has 0 saturated heterocycles. The molecule has 12 aromatic carbocycles. The van der Waals surface area contributed by atoms with E-state index in [1.54, 1.807) is 0 Å². The highest BCUT2D eigenvalue weighted by molar-refractivity contribution is 5.73. The second-order valence-electron chi connectivity index (χ2n) is 30.2. The third kappa shape index (κ3) is 13.5. The summed E-state index contributed by atoms with van der Waals surface area (Å²) in [4.78, 5) is 4.52. The van der Waals surface area contributed by atoms with Crippen LogP contribution in [0.3, 0.4) is 0 Å². The summed E-state index contributed by atoms with van der Waals surface area (Å²) in [6.07, 6.45) is 3.14. The molecule has 494 valence electrons. The smallest absolute Gasteiger partial charge is 0.0451 e. The second kappa shape index (κ2) is 27.6. The van der Waals surface area contributed by atoms with Gasteiger partial charge in [-0.2, -0.15) is 0 Å². The number of hydrogen-bond acceptors (Lipinski definition) is 2. The summed E-state index contributed by atoms with van der Waals surface area (Å²) in [6.45, 7) is 32.1. The lowest BCUT2D eigenvalue weighted by molar-refractivity contribution is 0.525. The average Bonchev–Trinajstić information content (AvgIpc) is 0.743. The Hall–Kier alpha value is -9.76. The van der Waals surface area contributed by atoms with Crippen LogP contribution in [0.25, 0.3) is 33.4 Å². The zero-order valence-corrected chi connectivity index (χ0v) is 61.1. The van der Waals surface area contributed by atoms with E-state index in [0.717, 1.165) is 19.3 Å². The molecule has 0 spiro atoms. The van der Waals surface area contributed by atoms with Gasteiger partial charge >= 0.3 is 0 Å². The van der Waals surface area contributed by atoms with Gasteiger partial charge in [-0.05, 0) is 206 Å². The van der Waals surface area contributed by atoms with Crippen molar-refractivity contribution in [3.05, 3.63) is 368 Å². The van der Waals surface area contributed by atoms with E-state index in [1.807, 2.05) is 0 Å². The van der Waals surface area contributed by atoms with Crippen molar-refractivity contribution >= 4 is 22.7 Å². The summed E-state index contributed by atoms with van der Waals surface area (Å²) in [5, 5.41) is 0. The Morgan fingerprint density at radius 3 is 0.673 bits per heavy atom. The summed E-state index contributed by atoms with van der Waals surface area (Å²) in [6, 6.07) is 106. The second-order valence-corrected chi connectivity index (χ2v) is 30.2. The van der Waals surface area contributed by atoms with Gasteiger partial charge in [0.15, 0.2) is 0 Å². The molecule has 0 aliphatic rings. The van der Waals surface area contributed by atoms with Crippen LogP contribution in [0.5, 0.6) is 0 Å². The Bertz CT molecular complexity index is 4680. The van der Waals surface area contributed by atoms with Crippen LogP contribution in [-0.2, 0) is 27.1 Å². The van der Waals surface area contributed by atoms with E-state index in [4.69, 9.17) is 0 Å². The van der Waals surface area contributed by atoms with Gasteiger partial charge in [-0.1, -0.05) is 311 Å². The van der Waals surface area contributed by atoms with Crippen molar-refractivity contribution in [3.63, 3.8) is 0 Å². The van der Waals surface area contributed by atoms with Gasteiger partial charge < -0.3 is 9.80 Å². The van der Waals surface area contributed by atoms with E-state index in [-0.39, 0.29) is 21.7 Å². The van der Waals surface area contributed by atoms with Crippen LogP contribution >= 0.6 is 0 Å². The number of hydrogen-bond donors (Lipinski definition) is 0. The average molecular weight is 1280 g/mol. The van der Waals surface area contributed by atoms with Crippen LogP contribution in [0.15, 0.2) is 279 Å². The van der Waals surface area contributed by atoms with Gasteiger partial charge in [0.1, 0.15) is 0 Å². The fourth-order valence-electron chi connectivity index (χ4n) is 14.8. The standard InChI is InChI=1S/C96H100N2/c1-17-18-63-96(85-51-45-82(46-52-85)93(9,10)78-35-25-72(26-36-78)71-23-19-66(2)20-24-71,86-53-47-83(48-54-86)94(11,12)79-39-29-74(30-40-79)76-33-61-89(62-34-76)98(16)91-58-22-68(4)70(6)65-91)87-55-49-84(50-56-87)95(13,14)81-43-41-80(42-44-81)92(7,8)77-37-27-73(28-38-77)75-31-59-88(60-32-75)97(15)90-57-21-67(3)69(5)64-90/h19-62,64-65H,17-18,63H2,1-16H3. The van der Waals surface area contributed by atoms with E-state index in [0.29, 0.717) is 0 Å². The van der Waals surface area contributed by atoms with E-state index >= 15 is 0 Å². The lowest BCUT2D eigenvalue weighted by atomic mass is 9.65. The topological polar surface area (TPSA) is 6.48 Å². The Labute approximate surface area is 587 Å². The number of benzene rings is 12. The summed E-state index contributed by atoms with van der Waals surface area (Å²) in [5.41, 5.74) is 31.6. The maximum atomic E-state index is 2.45. The SMILES string of the molecule is CCCCC(c1ccc(C(C)(C)c2ccc(-c3ccc(C)cc3)cc2)cc1)(c1ccc(C(C)(C)c2ccc(-c3ccc(N(C)c4ccc(C)c(C)c4)cc3)cc2)cc1)c1ccc(C(C)(C)c2ccc(C(C)(C)c3ccc(-c4ccc(N(C)c5ccc(C)c(C)c5)cc4)cc3)cc2)cc1. The predicted molar refractivity (Wildman–Crippen MR) is 422 cm³/mol. The van der Waals surface area contributed by atoms with Crippen molar-refractivity contribution in [3.8, 4) is 33.4 Å². The van der Waals surface area contributed by atoms with Gasteiger partial charge in [-0.3, -0.25) is 0 Å². The number of aryl methyl sites for hydroxylation is 5. The first-order chi connectivity index (χ1) is 46.9. The number of nitrogens with zero attached hydrogens (tertiary/aromatic N) is 2. The molecule has 12 rings (SSSR count). The molecule has 1 unspecified atom stereocenters. The van der Waals surface area contributed by atoms with Crippen molar-refractivity contribution < 1.29 is 0 Å². The van der Waals surface area contributed by atoms with Crippen LogP contribution in [0.2, 0.25) is 0 Å². The molecule has 0 bridgehead atoms. The van der Waals surface area contributed by atoms with Gasteiger partial charge in [0.25, 0.3) is 0 Å². The minimum atomic E-state index is -0.418. The molecular formula is C96H100N2. The molecule has 12 aromatic rings. The summed E-state index contributed by atoms with van der Waals surface area (Å²) < 4.78 is 0. The molecule has 0 amide bonds. The Morgan fingerprint density at radius 2 is 0.439 bits per heavy atom. The molecule has 0 heterocycles. The van der Waals surface area contributed by atoms with E-state index < -0.39 is 5.41 Å². The molecule has 0 fully saturated rings. The van der Waals surface area contributed by atoms with Gasteiger partial charge in [-0.15, -0.1) is 0 Å². The first kappa shape index (κ1) is 68.2. The summed E-state index contributed by atoms with van der Waals surface area (Å²) >= 11 is 0. The Kier molecular flexibility index (Phi) is 19.2. The molecule has 98 heavy (non-hydrogen) atoms. The van der Waals surface area contributed by atoms with Crippen molar-refractivity contribution in [2.75, 3.05) is 23.9 Å². The maximum Gasteiger partial charge on any atom is 0.0451 e. The Morgan fingerprint density at radius 1 is 0.235 bits per heavy atom. The molecule has 2 nitrogen and oxygen atoms in total. The minimum Gasteiger partial charge on any atom is -0.345 e. The molecule has 0 saturated carbocycles. The Balaban J connectivity index is 0.819. The fraction of sp³-hybridized carbons (Fsp3) is 0.250. The molecule has 0 aliphatic carbocycles. The number of unbranched alkanes of at least 4 members (excludes halogenated alkanes) is 1. The van der Waals surface area contributed by atoms with Crippen LogP contribution in [0.4, 0.5) is 22.7 Å². The van der Waals surface area contributed by atoms with Crippen LogP contribution < -0.4 is 9.80 Å². The van der Waals surface area contributed by atoms with Crippen molar-refractivity contribution in [2.24, 2.45) is 0 Å². The first-order valence-electron chi connectivity index (χ1n) is 35.5. The van der Waals surface area contributed by atoms with Crippen molar-refractivity contribution in [1.82, 2.24) is 0 Å². The number of anilines is 4. The highest BCUT2D eigenvalue weighted by atomic mass is 15.1. The molecule has 0 radical (unpaired) electrons. The fourth-order valence-corrected chi connectivity index (χ4v) is 14.8. The van der Waals surface area contributed by atoms with Crippen LogP contribution in [0, 0.1) is 34.6 Å². The van der Waals surface area contributed by atoms with Gasteiger partial charge in [0, 0.05) is 63.9 Å². The largest absolute Gasteiger partial charge is 0.345 e. The van der Waals surface area contributed by atoms with E-state index in [9.17, 15) is 0 Å². The van der Waals surface area contributed by atoms with E-state index in [2.05, 4.69) is 400 Å². The van der Waals surface area contributed by atoms with Crippen molar-refractivity contribution in [2.45, 2.75) is 143 Å². The molecule has 2 heteroatoms. The highest BCUT2D eigenvalue weighted by Gasteiger charge is 2.38. The zero-order chi connectivity index (χ0) is 69.3. The summed E-state index contributed by atoms with van der Waals surface area (Å²) in [5.74, 6) is 0. The first-order valence-corrected chi connectivity index (χ1v) is 35.5. The lowest BCUT2D eigenvalue weighted by Gasteiger charge is -2.38. The zero-order valence-electron chi connectivity index (χ0n) is 61.1. The lowest BCUT2D eigenvalue weighted by Crippen LogP contribution is -2.30. The van der Waals surface area contributed by atoms with Crippen molar-refractivity contribution in [1.29, 1.82) is 0 Å². The van der Waals surface area contributed by atoms with Gasteiger partial charge in [-0.25, -0.2) is 0 Å². The minimum absolute atomic E-state index is 0.196. The third-order valence-electron chi connectivity index (χ3n) is 22.7. The molecular weight excluding hydrogens is 1180 g/mol. The third-order valence-corrected chi connectivity index (χ3v) is 22.7. The van der Waals surface area contributed by atoms with Crippen LogP contribution in [-0.4, -0.2) is 14.1 Å². The summed E-state index contributed by atoms with van der Waals surface area (Å²) in [7, 11) is 4.29. The monoisotopic (exact) mass is 1280 g/mol.